The first-order chi connectivity index (χ1) is 12.3. The van der Waals surface area contributed by atoms with E-state index in [1.54, 1.807) is 6.20 Å². The van der Waals surface area contributed by atoms with Crippen molar-refractivity contribution in [3.05, 3.63) is 52.8 Å². The van der Waals surface area contributed by atoms with Gasteiger partial charge in [-0.3, -0.25) is 9.89 Å². The Morgan fingerprint density at radius 3 is 2.72 bits per heavy atom. The third kappa shape index (κ3) is 3.21. The Morgan fingerprint density at radius 2 is 1.96 bits per heavy atom. The lowest BCUT2D eigenvalue weighted by atomic mass is 9.79. The van der Waals surface area contributed by atoms with Crippen LogP contribution in [0.2, 0.25) is 0 Å². The fraction of sp³-hybridized carbons (Fsp3) is 0.500. The van der Waals surface area contributed by atoms with Gasteiger partial charge in [0.15, 0.2) is 0 Å². The van der Waals surface area contributed by atoms with E-state index in [0.717, 1.165) is 56.5 Å². The van der Waals surface area contributed by atoms with E-state index in [0.29, 0.717) is 18.4 Å². The minimum atomic E-state index is 0.110. The van der Waals surface area contributed by atoms with E-state index in [9.17, 15) is 4.79 Å². The van der Waals surface area contributed by atoms with Crippen molar-refractivity contribution in [2.24, 2.45) is 11.7 Å². The molecule has 4 rings (SSSR count). The molecule has 25 heavy (non-hydrogen) atoms. The van der Waals surface area contributed by atoms with Gasteiger partial charge in [-0.2, -0.15) is 5.10 Å². The first-order valence-electron chi connectivity index (χ1n) is 9.35. The van der Waals surface area contributed by atoms with E-state index in [2.05, 4.69) is 28.4 Å². The largest absolute Gasteiger partial charge is 0.334 e. The van der Waals surface area contributed by atoms with Crippen molar-refractivity contribution in [3.63, 3.8) is 0 Å². The molecule has 1 aliphatic heterocycles. The van der Waals surface area contributed by atoms with Crippen LogP contribution in [0.25, 0.3) is 0 Å². The van der Waals surface area contributed by atoms with Gasteiger partial charge in [0.25, 0.3) is 5.91 Å². The molecule has 0 unspecified atom stereocenters. The predicted molar refractivity (Wildman–Crippen MR) is 97.2 cm³/mol. The number of carbonyl (C=O) groups is 1. The average Bonchev–Trinajstić information content (AvgIpc) is 3.17. The van der Waals surface area contributed by atoms with Crippen molar-refractivity contribution in [1.82, 2.24) is 15.1 Å². The van der Waals surface area contributed by atoms with Crippen LogP contribution in [0.1, 0.15) is 58.8 Å². The van der Waals surface area contributed by atoms with Gasteiger partial charge in [-0.25, -0.2) is 0 Å². The molecule has 5 nitrogen and oxygen atoms in total. The van der Waals surface area contributed by atoms with E-state index in [1.807, 2.05) is 11.0 Å². The molecular weight excluding hydrogens is 312 g/mol. The number of hydrogen-bond donors (Lipinski definition) is 2. The average molecular weight is 338 g/mol. The second kappa shape index (κ2) is 7.00. The number of H-pyrrole nitrogens is 1. The molecule has 0 atom stereocenters. The molecule has 2 aliphatic rings. The van der Waals surface area contributed by atoms with Gasteiger partial charge in [-0.15, -0.1) is 0 Å². The van der Waals surface area contributed by atoms with Gasteiger partial charge in [0.1, 0.15) is 0 Å². The Hall–Kier alpha value is -2.14. The zero-order valence-electron chi connectivity index (χ0n) is 14.6. The number of carbonyl (C=O) groups excluding carboxylic acids is 1. The molecule has 2 aromatic rings. The molecule has 1 amide bonds. The van der Waals surface area contributed by atoms with Gasteiger partial charge < -0.3 is 10.6 Å². The third-order valence-corrected chi connectivity index (χ3v) is 5.91. The zero-order chi connectivity index (χ0) is 17.2. The molecule has 1 aliphatic carbocycles. The summed E-state index contributed by atoms with van der Waals surface area (Å²) in [5.41, 5.74) is 10.2. The SMILES string of the molecule is NCC1CCC(c2[nH]ncc2C(=O)N2CCc3ccccc3C2)CC1. The van der Waals surface area contributed by atoms with Crippen molar-refractivity contribution in [2.75, 3.05) is 13.1 Å². The van der Waals surface area contributed by atoms with Crippen LogP contribution in [-0.2, 0) is 13.0 Å². The molecule has 2 heterocycles. The van der Waals surface area contributed by atoms with Crippen molar-refractivity contribution < 1.29 is 4.79 Å². The topological polar surface area (TPSA) is 75.0 Å². The maximum absolute atomic E-state index is 13.1. The van der Waals surface area contributed by atoms with Gasteiger partial charge in [-0.05, 0) is 55.7 Å². The Balaban J connectivity index is 1.50. The van der Waals surface area contributed by atoms with E-state index in [-0.39, 0.29) is 5.91 Å². The second-order valence-electron chi connectivity index (χ2n) is 7.40. The van der Waals surface area contributed by atoms with Crippen LogP contribution in [0.3, 0.4) is 0 Å². The predicted octanol–water partition coefficient (Wildman–Crippen LogP) is 2.84. The number of rotatable bonds is 3. The molecule has 1 aromatic heterocycles. The summed E-state index contributed by atoms with van der Waals surface area (Å²) in [6.07, 6.45) is 7.11. The number of fused-ring (bicyclic) bond motifs is 1. The second-order valence-corrected chi connectivity index (χ2v) is 7.40. The molecule has 132 valence electrons. The number of nitrogens with one attached hydrogen (secondary N) is 1. The molecule has 1 fully saturated rings. The monoisotopic (exact) mass is 338 g/mol. The highest BCUT2D eigenvalue weighted by molar-refractivity contribution is 5.95. The lowest BCUT2D eigenvalue weighted by molar-refractivity contribution is 0.0732. The smallest absolute Gasteiger partial charge is 0.257 e. The van der Waals surface area contributed by atoms with Crippen molar-refractivity contribution in [1.29, 1.82) is 0 Å². The summed E-state index contributed by atoms with van der Waals surface area (Å²) in [6, 6.07) is 8.41. The lowest BCUT2D eigenvalue weighted by Gasteiger charge is -2.30. The molecule has 3 N–H and O–H groups in total. The molecule has 1 saturated carbocycles. The summed E-state index contributed by atoms with van der Waals surface area (Å²) in [7, 11) is 0. The van der Waals surface area contributed by atoms with E-state index in [4.69, 9.17) is 5.73 Å². The fourth-order valence-electron chi connectivity index (χ4n) is 4.30. The first kappa shape index (κ1) is 16.3. The Morgan fingerprint density at radius 1 is 1.20 bits per heavy atom. The highest BCUT2D eigenvalue weighted by atomic mass is 16.2. The molecule has 0 bridgehead atoms. The van der Waals surface area contributed by atoms with Crippen LogP contribution in [0.15, 0.2) is 30.5 Å². The highest BCUT2D eigenvalue weighted by Gasteiger charge is 2.29. The number of aromatic amines is 1. The van der Waals surface area contributed by atoms with E-state index >= 15 is 0 Å². The Bertz CT molecular complexity index is 746. The quantitative estimate of drug-likeness (QED) is 0.903. The van der Waals surface area contributed by atoms with Gasteiger partial charge in [-0.1, -0.05) is 24.3 Å². The van der Waals surface area contributed by atoms with Gasteiger partial charge in [0.05, 0.1) is 17.5 Å². The minimum Gasteiger partial charge on any atom is -0.334 e. The summed E-state index contributed by atoms with van der Waals surface area (Å²) in [5, 5.41) is 7.32. The zero-order valence-corrected chi connectivity index (χ0v) is 14.6. The highest BCUT2D eigenvalue weighted by Crippen LogP contribution is 2.36. The molecule has 1 aromatic carbocycles. The van der Waals surface area contributed by atoms with Gasteiger partial charge in [0.2, 0.25) is 0 Å². The number of aromatic nitrogens is 2. The van der Waals surface area contributed by atoms with Crippen molar-refractivity contribution in [2.45, 2.75) is 44.6 Å². The fourth-order valence-corrected chi connectivity index (χ4v) is 4.30. The molecular formula is C20H26N4O. The van der Waals surface area contributed by atoms with Crippen LogP contribution in [-0.4, -0.2) is 34.1 Å². The molecule has 0 spiro atoms. The number of hydrogen-bond acceptors (Lipinski definition) is 3. The number of nitrogens with zero attached hydrogens (tertiary/aromatic N) is 2. The molecule has 0 saturated heterocycles. The normalized spacial score (nSPS) is 23.3. The molecule has 0 radical (unpaired) electrons. The van der Waals surface area contributed by atoms with Crippen LogP contribution in [0.5, 0.6) is 0 Å². The van der Waals surface area contributed by atoms with E-state index < -0.39 is 0 Å². The Labute approximate surface area is 148 Å². The summed E-state index contributed by atoms with van der Waals surface area (Å²) in [4.78, 5) is 15.1. The van der Waals surface area contributed by atoms with Crippen molar-refractivity contribution >= 4 is 5.91 Å². The van der Waals surface area contributed by atoms with Crippen LogP contribution >= 0.6 is 0 Å². The number of nitrogens with two attached hydrogens (primary N) is 1. The minimum absolute atomic E-state index is 0.110. The third-order valence-electron chi connectivity index (χ3n) is 5.91. The summed E-state index contributed by atoms with van der Waals surface area (Å²) < 4.78 is 0. The Kier molecular flexibility index (Phi) is 4.57. The first-order valence-corrected chi connectivity index (χ1v) is 9.35. The lowest BCUT2D eigenvalue weighted by Crippen LogP contribution is -2.36. The number of benzene rings is 1. The summed E-state index contributed by atoms with van der Waals surface area (Å²) in [5.74, 6) is 1.15. The summed E-state index contributed by atoms with van der Waals surface area (Å²) in [6.45, 7) is 2.24. The number of amides is 1. The van der Waals surface area contributed by atoms with Gasteiger partial charge in [0, 0.05) is 19.0 Å². The van der Waals surface area contributed by atoms with Crippen molar-refractivity contribution in [3.8, 4) is 0 Å². The molecule has 5 heteroatoms. The van der Waals surface area contributed by atoms with E-state index in [1.165, 1.54) is 11.1 Å². The maximum atomic E-state index is 13.1. The van der Waals surface area contributed by atoms with Crippen LogP contribution < -0.4 is 5.73 Å². The summed E-state index contributed by atoms with van der Waals surface area (Å²) >= 11 is 0. The maximum Gasteiger partial charge on any atom is 0.257 e. The standard InChI is InChI=1S/C20H26N4O/c21-11-14-5-7-16(8-6-14)19-18(12-22-23-19)20(25)24-10-9-15-3-1-2-4-17(15)13-24/h1-4,12,14,16H,5-11,13,21H2,(H,22,23). The van der Waals surface area contributed by atoms with Crippen LogP contribution in [0, 0.1) is 5.92 Å². The van der Waals surface area contributed by atoms with Gasteiger partial charge >= 0.3 is 0 Å². The van der Waals surface area contributed by atoms with Crippen LogP contribution in [0.4, 0.5) is 0 Å².